The zero-order valence-corrected chi connectivity index (χ0v) is 10.2. The Hall–Kier alpha value is -1.46. The molecule has 17 heavy (non-hydrogen) atoms. The third-order valence-electron chi connectivity index (χ3n) is 3.23. The number of aromatic nitrogens is 2. The lowest BCUT2D eigenvalue weighted by atomic mass is 9.93. The third-order valence-corrected chi connectivity index (χ3v) is 3.93. The first-order valence-electron chi connectivity index (χ1n) is 5.71. The fraction of sp³-hybridized carbons (Fsp3) is 0.333. The number of rotatable bonds is 2. The predicted molar refractivity (Wildman–Crippen MR) is 69.2 cm³/mol. The maximum absolute atomic E-state index is 5.93. The molecule has 1 aliphatic rings. The van der Waals surface area contributed by atoms with E-state index in [-0.39, 0.29) is 6.04 Å². The number of nitrogens with zero attached hydrogens (tertiary/aromatic N) is 3. The summed E-state index contributed by atoms with van der Waals surface area (Å²) in [6, 6.07) is 8.75. The van der Waals surface area contributed by atoms with Gasteiger partial charge in [-0.25, -0.2) is 4.98 Å². The Labute approximate surface area is 104 Å². The van der Waals surface area contributed by atoms with E-state index >= 15 is 0 Å². The van der Waals surface area contributed by atoms with Crippen molar-refractivity contribution >= 4 is 16.7 Å². The second kappa shape index (κ2) is 4.43. The van der Waals surface area contributed by atoms with Crippen molar-refractivity contribution in [3.8, 4) is 0 Å². The van der Waals surface area contributed by atoms with Gasteiger partial charge in [0, 0.05) is 24.6 Å². The summed E-state index contributed by atoms with van der Waals surface area (Å²) in [6.07, 6.45) is 2.65. The molecule has 0 aliphatic carbocycles. The summed E-state index contributed by atoms with van der Waals surface area (Å²) in [5.74, 6) is 0. The summed E-state index contributed by atoms with van der Waals surface area (Å²) in [4.78, 5) is 6.55. The summed E-state index contributed by atoms with van der Waals surface area (Å²) in [5, 5.41) is 0.968. The van der Waals surface area contributed by atoms with Crippen molar-refractivity contribution in [3.05, 3.63) is 41.7 Å². The van der Waals surface area contributed by atoms with Gasteiger partial charge in [-0.1, -0.05) is 24.3 Å². The van der Waals surface area contributed by atoms with Gasteiger partial charge in [0.05, 0.1) is 6.04 Å². The van der Waals surface area contributed by atoms with Crippen LogP contribution in [0.3, 0.4) is 0 Å². The molecule has 0 radical (unpaired) electrons. The number of fused-ring (bicyclic) bond motifs is 1. The monoisotopic (exact) mass is 246 g/mol. The first-order chi connectivity index (χ1) is 8.40. The third kappa shape index (κ3) is 1.81. The Balaban J connectivity index is 2.00. The summed E-state index contributed by atoms with van der Waals surface area (Å²) in [7, 11) is 0. The normalized spacial score (nSPS) is 19.1. The highest BCUT2D eigenvalue weighted by Gasteiger charge is 2.27. The number of nitrogens with two attached hydrogens (primary N) is 1. The van der Waals surface area contributed by atoms with Crippen molar-refractivity contribution in [1.82, 2.24) is 9.36 Å². The Morgan fingerprint density at radius 3 is 3.06 bits per heavy atom. The minimum Gasteiger partial charge on any atom is -0.338 e. The van der Waals surface area contributed by atoms with Gasteiger partial charge in [-0.05, 0) is 17.5 Å². The number of hydrogen-bond donors (Lipinski definition) is 1. The van der Waals surface area contributed by atoms with E-state index in [1.807, 2.05) is 0 Å². The van der Waals surface area contributed by atoms with Crippen LogP contribution in [0.2, 0.25) is 0 Å². The van der Waals surface area contributed by atoms with E-state index in [1.54, 1.807) is 6.33 Å². The topological polar surface area (TPSA) is 55.0 Å². The first kappa shape index (κ1) is 10.7. The molecule has 5 heteroatoms. The van der Waals surface area contributed by atoms with Crippen molar-refractivity contribution in [3.63, 3.8) is 0 Å². The van der Waals surface area contributed by atoms with E-state index in [2.05, 4.69) is 38.5 Å². The van der Waals surface area contributed by atoms with Crippen LogP contribution in [0.25, 0.3) is 0 Å². The molecule has 88 valence electrons. The van der Waals surface area contributed by atoms with Crippen LogP contribution in [0.4, 0.5) is 5.13 Å². The van der Waals surface area contributed by atoms with Crippen molar-refractivity contribution in [2.24, 2.45) is 5.73 Å². The lowest BCUT2D eigenvalue weighted by molar-refractivity contribution is 0.589. The second-order valence-electron chi connectivity index (χ2n) is 4.12. The smallest absolute Gasteiger partial charge is 0.205 e. The molecule has 2 aromatic rings. The molecular weight excluding hydrogens is 232 g/mol. The van der Waals surface area contributed by atoms with Gasteiger partial charge in [0.2, 0.25) is 5.13 Å². The van der Waals surface area contributed by atoms with Crippen LogP contribution < -0.4 is 10.6 Å². The molecule has 0 fully saturated rings. The van der Waals surface area contributed by atoms with Crippen LogP contribution in [0.5, 0.6) is 0 Å². The largest absolute Gasteiger partial charge is 0.338 e. The Morgan fingerprint density at radius 1 is 1.41 bits per heavy atom. The van der Waals surface area contributed by atoms with Crippen molar-refractivity contribution in [1.29, 1.82) is 0 Å². The SMILES string of the molecule is NCC1c2ccccc2CCN1c1ncns1. The van der Waals surface area contributed by atoms with Gasteiger partial charge in [-0.3, -0.25) is 0 Å². The van der Waals surface area contributed by atoms with Gasteiger partial charge in [-0.2, -0.15) is 4.37 Å². The van der Waals surface area contributed by atoms with Crippen molar-refractivity contribution in [2.45, 2.75) is 12.5 Å². The second-order valence-corrected chi connectivity index (χ2v) is 4.88. The molecule has 0 saturated carbocycles. The van der Waals surface area contributed by atoms with E-state index in [1.165, 1.54) is 22.7 Å². The number of benzene rings is 1. The quantitative estimate of drug-likeness (QED) is 0.874. The number of anilines is 1. The molecule has 1 aromatic carbocycles. The average Bonchev–Trinajstić information content (AvgIpc) is 2.91. The summed E-state index contributed by atoms with van der Waals surface area (Å²) >= 11 is 1.43. The average molecular weight is 246 g/mol. The molecule has 0 amide bonds. The van der Waals surface area contributed by atoms with Crippen LogP contribution in [0, 0.1) is 0 Å². The molecule has 0 spiro atoms. The molecule has 1 atom stereocenters. The Bertz CT molecular complexity index is 497. The molecule has 3 rings (SSSR count). The molecular formula is C12H14N4S. The van der Waals surface area contributed by atoms with Crippen LogP contribution in [-0.2, 0) is 6.42 Å². The van der Waals surface area contributed by atoms with E-state index < -0.39 is 0 Å². The van der Waals surface area contributed by atoms with Crippen LogP contribution in [0.15, 0.2) is 30.6 Å². The van der Waals surface area contributed by atoms with E-state index in [9.17, 15) is 0 Å². The predicted octanol–water partition coefficient (Wildman–Crippen LogP) is 1.60. The molecule has 2 heterocycles. The summed E-state index contributed by atoms with van der Waals surface area (Å²) in [6.45, 7) is 1.57. The fourth-order valence-electron chi connectivity index (χ4n) is 2.43. The Kier molecular flexibility index (Phi) is 2.78. The van der Waals surface area contributed by atoms with Gasteiger partial charge < -0.3 is 10.6 Å². The van der Waals surface area contributed by atoms with Gasteiger partial charge >= 0.3 is 0 Å². The van der Waals surface area contributed by atoms with Crippen LogP contribution >= 0.6 is 11.5 Å². The molecule has 1 aliphatic heterocycles. The van der Waals surface area contributed by atoms with E-state index in [0.29, 0.717) is 6.54 Å². The van der Waals surface area contributed by atoms with Gasteiger partial charge in [0.15, 0.2) is 0 Å². The Morgan fingerprint density at radius 2 is 2.29 bits per heavy atom. The minimum atomic E-state index is 0.230. The maximum atomic E-state index is 5.93. The molecule has 1 aromatic heterocycles. The maximum Gasteiger partial charge on any atom is 0.205 e. The van der Waals surface area contributed by atoms with Gasteiger partial charge in [-0.15, -0.1) is 0 Å². The molecule has 0 saturated heterocycles. The van der Waals surface area contributed by atoms with Gasteiger partial charge in [0.1, 0.15) is 6.33 Å². The number of hydrogen-bond acceptors (Lipinski definition) is 5. The molecule has 0 bridgehead atoms. The van der Waals surface area contributed by atoms with Crippen LogP contribution in [-0.4, -0.2) is 22.4 Å². The molecule has 2 N–H and O–H groups in total. The van der Waals surface area contributed by atoms with E-state index in [0.717, 1.165) is 18.1 Å². The summed E-state index contributed by atoms with van der Waals surface area (Å²) < 4.78 is 4.07. The fourth-order valence-corrected chi connectivity index (χ4v) is 3.03. The molecule has 1 unspecified atom stereocenters. The van der Waals surface area contributed by atoms with Gasteiger partial charge in [0.25, 0.3) is 0 Å². The highest BCUT2D eigenvalue weighted by Crippen LogP contribution is 2.33. The lowest BCUT2D eigenvalue weighted by Crippen LogP contribution is -2.39. The zero-order valence-electron chi connectivity index (χ0n) is 9.41. The first-order valence-corrected chi connectivity index (χ1v) is 6.48. The zero-order chi connectivity index (χ0) is 11.7. The van der Waals surface area contributed by atoms with Crippen LogP contribution in [0.1, 0.15) is 17.2 Å². The van der Waals surface area contributed by atoms with E-state index in [4.69, 9.17) is 5.73 Å². The standard InChI is InChI=1S/C12H14N4S/c13-7-11-10-4-2-1-3-9(10)5-6-16(11)12-14-8-15-17-12/h1-4,8,11H,5-7,13H2. The minimum absolute atomic E-state index is 0.230. The van der Waals surface area contributed by atoms with Crippen molar-refractivity contribution in [2.75, 3.05) is 18.0 Å². The molecule has 4 nitrogen and oxygen atoms in total. The highest BCUT2D eigenvalue weighted by molar-refractivity contribution is 7.09. The van der Waals surface area contributed by atoms with Crippen molar-refractivity contribution < 1.29 is 0 Å². The highest BCUT2D eigenvalue weighted by atomic mass is 32.1. The lowest BCUT2D eigenvalue weighted by Gasteiger charge is -2.36. The summed E-state index contributed by atoms with van der Waals surface area (Å²) in [5.41, 5.74) is 8.67.